The number of hydrogen-bond donors (Lipinski definition) is 1. The number of rotatable bonds is 5. The number of imidazole rings is 1. The zero-order valence-corrected chi connectivity index (χ0v) is 20.3. The van der Waals surface area contributed by atoms with E-state index in [4.69, 9.17) is 19.4 Å². The Morgan fingerprint density at radius 3 is 2.68 bits per heavy atom. The van der Waals surface area contributed by atoms with Gasteiger partial charge in [-0.3, -0.25) is 14.5 Å². The number of benzene rings is 1. The Morgan fingerprint density at radius 1 is 1.00 bits per heavy atom. The third-order valence-corrected chi connectivity index (χ3v) is 6.46. The van der Waals surface area contributed by atoms with E-state index >= 15 is 0 Å². The first kappa shape index (κ1) is 22.5. The summed E-state index contributed by atoms with van der Waals surface area (Å²) in [5.74, 6) is 1.55. The van der Waals surface area contributed by atoms with Crippen LogP contribution < -0.4 is 19.9 Å². The normalized spacial score (nSPS) is 12.9. The van der Waals surface area contributed by atoms with Crippen LogP contribution in [-0.4, -0.2) is 39.0 Å². The van der Waals surface area contributed by atoms with E-state index in [0.717, 1.165) is 39.5 Å². The third kappa shape index (κ3) is 4.10. The van der Waals surface area contributed by atoms with Crippen LogP contribution in [0.15, 0.2) is 77.9 Å². The molecule has 1 amide bonds. The predicted octanol–water partition coefficient (Wildman–Crippen LogP) is 3.99. The Labute approximate surface area is 212 Å². The smallest absolute Gasteiger partial charge is 0.266 e. The van der Waals surface area contributed by atoms with Crippen LogP contribution in [0, 0.1) is 6.92 Å². The highest BCUT2D eigenvalue weighted by molar-refractivity contribution is 5.97. The van der Waals surface area contributed by atoms with Crippen LogP contribution in [0.1, 0.15) is 11.4 Å². The Morgan fingerprint density at radius 2 is 1.86 bits per heavy atom. The van der Waals surface area contributed by atoms with Gasteiger partial charge in [-0.2, -0.15) is 0 Å². The molecule has 0 aliphatic carbocycles. The van der Waals surface area contributed by atoms with Crippen LogP contribution >= 0.6 is 0 Å². The van der Waals surface area contributed by atoms with Crippen LogP contribution in [0.2, 0.25) is 0 Å². The molecule has 0 saturated heterocycles. The molecule has 37 heavy (non-hydrogen) atoms. The van der Waals surface area contributed by atoms with E-state index in [2.05, 4.69) is 4.98 Å². The van der Waals surface area contributed by atoms with E-state index < -0.39 is 0 Å². The lowest BCUT2D eigenvalue weighted by molar-refractivity contribution is -0.121. The summed E-state index contributed by atoms with van der Waals surface area (Å²) in [6.07, 6.45) is 3.64. The molecule has 4 aromatic heterocycles. The number of pyridine rings is 3. The van der Waals surface area contributed by atoms with Gasteiger partial charge in [0.2, 0.25) is 5.56 Å². The van der Waals surface area contributed by atoms with Gasteiger partial charge < -0.3 is 18.9 Å². The average Bonchev–Trinajstić information content (AvgIpc) is 3.24. The molecule has 1 aliphatic heterocycles. The Balaban J connectivity index is 1.41. The summed E-state index contributed by atoms with van der Waals surface area (Å²) in [7, 11) is 1.62. The minimum atomic E-state index is -0.186. The second-order valence-electron chi connectivity index (χ2n) is 8.75. The number of anilines is 1. The van der Waals surface area contributed by atoms with E-state index in [1.165, 1.54) is 6.07 Å². The third-order valence-electron chi connectivity index (χ3n) is 6.46. The number of hydrogen-bond acceptors (Lipinski definition) is 6. The highest BCUT2D eigenvalue weighted by atomic mass is 16.5. The molecule has 5 aromatic rings. The number of aromatic nitrogens is 4. The van der Waals surface area contributed by atoms with Crippen LogP contribution in [0.4, 0.5) is 5.82 Å². The minimum Gasteiger partial charge on any atom is -0.497 e. The number of nitrogens with zero attached hydrogens (tertiary/aromatic N) is 4. The predicted molar refractivity (Wildman–Crippen MR) is 139 cm³/mol. The zero-order chi connectivity index (χ0) is 25.5. The largest absolute Gasteiger partial charge is 0.497 e. The number of aromatic amines is 1. The monoisotopic (exact) mass is 493 g/mol. The molecule has 1 aliphatic rings. The fraction of sp³-hybridized carbons (Fsp3) is 0.143. The molecule has 9 heteroatoms. The summed E-state index contributed by atoms with van der Waals surface area (Å²) < 4.78 is 13.0. The van der Waals surface area contributed by atoms with Gasteiger partial charge >= 0.3 is 0 Å². The first-order chi connectivity index (χ1) is 18.0. The molecule has 0 atom stereocenters. The maximum absolute atomic E-state index is 13.1. The van der Waals surface area contributed by atoms with Crippen molar-refractivity contribution in [3.05, 3.63) is 94.8 Å². The van der Waals surface area contributed by atoms with Gasteiger partial charge in [0, 0.05) is 24.0 Å². The molecule has 0 saturated carbocycles. The fourth-order valence-electron chi connectivity index (χ4n) is 4.50. The van der Waals surface area contributed by atoms with Gasteiger partial charge in [-0.05, 0) is 60.5 Å². The molecule has 0 bridgehead atoms. The van der Waals surface area contributed by atoms with Crippen molar-refractivity contribution in [3.63, 3.8) is 0 Å². The number of carbonyl (C=O) groups is 1. The van der Waals surface area contributed by atoms with Gasteiger partial charge in [0.15, 0.2) is 18.2 Å². The number of ether oxygens (including phenoxy) is 2. The molecule has 1 N–H and O–H groups in total. The molecule has 0 radical (unpaired) electrons. The summed E-state index contributed by atoms with van der Waals surface area (Å²) in [5, 5.41) is 0. The van der Waals surface area contributed by atoms with E-state index in [9.17, 15) is 9.59 Å². The summed E-state index contributed by atoms with van der Waals surface area (Å²) in [6.45, 7) is 2.13. The first-order valence-electron chi connectivity index (χ1n) is 11.8. The average molecular weight is 494 g/mol. The second-order valence-corrected chi connectivity index (χ2v) is 8.75. The van der Waals surface area contributed by atoms with Crippen LogP contribution in [0.25, 0.3) is 28.0 Å². The lowest BCUT2D eigenvalue weighted by atomic mass is 10.1. The number of amides is 1. The van der Waals surface area contributed by atoms with Crippen molar-refractivity contribution in [2.45, 2.75) is 13.5 Å². The standard InChI is InChI=1S/C28H23N5O4/c1-17-23(32-14-20(6-10-25(32)30-17)19-7-11-26(34)29-13-19)15-33-27(35)16-37-24-9-8-22(31-28(24)33)18-4-3-5-21(12-18)36-2/h3-14H,15-16H2,1-2H3,(H,29,34). The Kier molecular flexibility index (Phi) is 5.45. The van der Waals surface area contributed by atoms with Crippen molar-refractivity contribution in [3.8, 4) is 33.9 Å². The van der Waals surface area contributed by atoms with E-state index in [1.54, 1.807) is 24.3 Å². The van der Waals surface area contributed by atoms with Crippen molar-refractivity contribution in [1.82, 2.24) is 19.4 Å². The van der Waals surface area contributed by atoms with Gasteiger partial charge in [0.05, 0.1) is 30.7 Å². The van der Waals surface area contributed by atoms with Crippen molar-refractivity contribution in [2.24, 2.45) is 0 Å². The molecule has 1 aromatic carbocycles. The van der Waals surface area contributed by atoms with Gasteiger partial charge in [0.25, 0.3) is 5.91 Å². The number of carbonyl (C=O) groups excluding carboxylic acids is 1. The molecule has 6 rings (SSSR count). The van der Waals surface area contributed by atoms with E-state index in [0.29, 0.717) is 17.3 Å². The summed E-state index contributed by atoms with van der Waals surface area (Å²) >= 11 is 0. The summed E-state index contributed by atoms with van der Waals surface area (Å²) in [5.41, 5.74) is 5.63. The number of aryl methyl sites for hydroxylation is 1. The quantitative estimate of drug-likeness (QED) is 0.397. The van der Waals surface area contributed by atoms with E-state index in [1.807, 2.05) is 66.1 Å². The number of nitrogens with one attached hydrogen (secondary N) is 1. The van der Waals surface area contributed by atoms with Gasteiger partial charge in [0.1, 0.15) is 11.4 Å². The van der Waals surface area contributed by atoms with Crippen molar-refractivity contribution in [2.75, 3.05) is 18.6 Å². The highest BCUT2D eigenvalue weighted by Gasteiger charge is 2.29. The van der Waals surface area contributed by atoms with Crippen molar-refractivity contribution >= 4 is 17.4 Å². The van der Waals surface area contributed by atoms with E-state index in [-0.39, 0.29) is 24.6 Å². The second kappa shape index (κ2) is 8.94. The number of methoxy groups -OCH3 is 1. The van der Waals surface area contributed by atoms with Crippen LogP contribution in [0.3, 0.4) is 0 Å². The van der Waals surface area contributed by atoms with Crippen molar-refractivity contribution in [1.29, 1.82) is 0 Å². The highest BCUT2D eigenvalue weighted by Crippen LogP contribution is 2.35. The lowest BCUT2D eigenvalue weighted by Crippen LogP contribution is -2.39. The summed E-state index contributed by atoms with van der Waals surface area (Å²) in [4.78, 5) is 38.4. The fourth-order valence-corrected chi connectivity index (χ4v) is 4.50. The number of fused-ring (bicyclic) bond motifs is 2. The molecular weight excluding hydrogens is 470 g/mol. The van der Waals surface area contributed by atoms with Crippen LogP contribution in [0.5, 0.6) is 11.5 Å². The van der Waals surface area contributed by atoms with Crippen molar-refractivity contribution < 1.29 is 14.3 Å². The van der Waals surface area contributed by atoms with Gasteiger partial charge in [-0.25, -0.2) is 9.97 Å². The summed E-state index contributed by atoms with van der Waals surface area (Å²) in [6, 6.07) is 18.5. The Bertz CT molecular complexity index is 1700. The molecule has 184 valence electrons. The molecule has 0 spiro atoms. The van der Waals surface area contributed by atoms with Gasteiger partial charge in [-0.1, -0.05) is 12.1 Å². The molecule has 5 heterocycles. The lowest BCUT2D eigenvalue weighted by Gasteiger charge is -2.28. The molecule has 9 nitrogen and oxygen atoms in total. The maximum atomic E-state index is 13.1. The zero-order valence-electron chi connectivity index (χ0n) is 20.3. The topological polar surface area (TPSA) is 102 Å². The molecule has 0 unspecified atom stereocenters. The van der Waals surface area contributed by atoms with Gasteiger partial charge in [-0.15, -0.1) is 0 Å². The molecule has 0 fully saturated rings. The SMILES string of the molecule is COc1cccc(-c2ccc3c(n2)N(Cc2c(C)nc4ccc(-c5ccc(=O)[nH]c5)cn24)C(=O)CO3)c1. The molecular formula is C28H23N5O4. The first-order valence-corrected chi connectivity index (χ1v) is 11.8. The Hall–Kier alpha value is -4.92. The number of H-pyrrole nitrogens is 1. The minimum absolute atomic E-state index is 0.0639. The maximum Gasteiger partial charge on any atom is 0.266 e. The van der Waals surface area contributed by atoms with Crippen LogP contribution in [-0.2, 0) is 11.3 Å².